The number of halogens is 2. The molecular weight excluding hydrogens is 276 g/mol. The molecule has 0 aliphatic heterocycles. The highest BCUT2D eigenvalue weighted by molar-refractivity contribution is 7.92. The summed E-state index contributed by atoms with van der Waals surface area (Å²) in [5, 5.41) is 0. The second-order valence-corrected chi connectivity index (χ2v) is 5.48. The molecule has 0 amide bonds. The molecule has 0 fully saturated rings. The number of sulfonamides is 1. The van der Waals surface area contributed by atoms with Crippen molar-refractivity contribution in [3.63, 3.8) is 0 Å². The maximum absolute atomic E-state index is 13.0. The molecule has 0 spiro atoms. The molecule has 0 radical (unpaired) electrons. The van der Waals surface area contributed by atoms with E-state index in [2.05, 4.69) is 9.71 Å². The molecule has 8 heteroatoms. The molecule has 2 rings (SSSR count). The SMILES string of the molecule is NCc1cc(S(=O)(=O)Nc2ccc(F)c(F)c2)c[nH]1. The first-order valence-corrected chi connectivity index (χ1v) is 6.76. The largest absolute Gasteiger partial charge is 0.363 e. The summed E-state index contributed by atoms with van der Waals surface area (Å²) in [7, 11) is -3.86. The quantitative estimate of drug-likeness (QED) is 0.797. The van der Waals surface area contributed by atoms with Crippen LogP contribution in [0, 0.1) is 11.6 Å². The van der Waals surface area contributed by atoms with Crippen LogP contribution in [-0.2, 0) is 16.6 Å². The van der Waals surface area contributed by atoms with Crippen LogP contribution < -0.4 is 10.5 Å². The fraction of sp³-hybridized carbons (Fsp3) is 0.0909. The van der Waals surface area contributed by atoms with Gasteiger partial charge in [0.05, 0.1) is 5.69 Å². The molecule has 0 unspecified atom stereocenters. The van der Waals surface area contributed by atoms with Crippen molar-refractivity contribution in [3.05, 3.63) is 47.8 Å². The molecule has 2 aromatic rings. The van der Waals surface area contributed by atoms with Gasteiger partial charge in [-0.3, -0.25) is 4.72 Å². The average Bonchev–Trinajstić information content (AvgIpc) is 2.83. The summed E-state index contributed by atoms with van der Waals surface area (Å²) in [5.74, 6) is -2.17. The van der Waals surface area contributed by atoms with Crippen molar-refractivity contribution in [1.29, 1.82) is 0 Å². The molecule has 102 valence electrons. The van der Waals surface area contributed by atoms with Gasteiger partial charge in [0.15, 0.2) is 11.6 Å². The Labute approximate surface area is 108 Å². The van der Waals surface area contributed by atoms with Crippen molar-refractivity contribution in [2.45, 2.75) is 11.4 Å². The van der Waals surface area contributed by atoms with Gasteiger partial charge in [0, 0.05) is 24.5 Å². The van der Waals surface area contributed by atoms with Crippen LogP contribution in [0.25, 0.3) is 0 Å². The number of aromatic nitrogens is 1. The lowest BCUT2D eigenvalue weighted by molar-refractivity contribution is 0.509. The molecule has 19 heavy (non-hydrogen) atoms. The minimum atomic E-state index is -3.86. The number of rotatable bonds is 4. The highest BCUT2D eigenvalue weighted by atomic mass is 32.2. The summed E-state index contributed by atoms with van der Waals surface area (Å²) in [6.07, 6.45) is 1.27. The van der Waals surface area contributed by atoms with E-state index in [1.807, 2.05) is 0 Å². The van der Waals surface area contributed by atoms with Crippen molar-refractivity contribution < 1.29 is 17.2 Å². The molecule has 0 saturated heterocycles. The zero-order valence-electron chi connectivity index (χ0n) is 9.65. The van der Waals surface area contributed by atoms with Gasteiger partial charge in [-0.25, -0.2) is 17.2 Å². The highest BCUT2D eigenvalue weighted by Gasteiger charge is 2.16. The zero-order chi connectivity index (χ0) is 14.0. The average molecular weight is 287 g/mol. The number of nitrogens with one attached hydrogen (secondary N) is 2. The number of hydrogen-bond donors (Lipinski definition) is 3. The predicted molar refractivity (Wildman–Crippen MR) is 65.9 cm³/mol. The Balaban J connectivity index is 2.28. The summed E-state index contributed by atoms with van der Waals surface area (Å²) in [4.78, 5) is 2.66. The summed E-state index contributed by atoms with van der Waals surface area (Å²) < 4.78 is 51.7. The molecular formula is C11H11F2N3O2S. The van der Waals surface area contributed by atoms with E-state index in [-0.39, 0.29) is 17.1 Å². The number of nitrogens with two attached hydrogens (primary N) is 1. The van der Waals surface area contributed by atoms with Gasteiger partial charge in [-0.05, 0) is 18.2 Å². The maximum Gasteiger partial charge on any atom is 0.263 e. The van der Waals surface area contributed by atoms with Crippen LogP contribution in [-0.4, -0.2) is 13.4 Å². The smallest absolute Gasteiger partial charge is 0.263 e. The summed E-state index contributed by atoms with van der Waals surface area (Å²) >= 11 is 0. The minimum absolute atomic E-state index is 0.0299. The molecule has 0 aliphatic rings. The number of H-pyrrole nitrogens is 1. The fourth-order valence-corrected chi connectivity index (χ4v) is 2.53. The van der Waals surface area contributed by atoms with Crippen molar-refractivity contribution >= 4 is 15.7 Å². The lowest BCUT2D eigenvalue weighted by Gasteiger charge is -2.06. The van der Waals surface area contributed by atoms with Crippen LogP contribution in [0.5, 0.6) is 0 Å². The predicted octanol–water partition coefficient (Wildman–Crippen LogP) is 1.55. The van der Waals surface area contributed by atoms with Gasteiger partial charge in [0.1, 0.15) is 4.90 Å². The number of anilines is 1. The topological polar surface area (TPSA) is 88.0 Å². The molecule has 0 saturated carbocycles. The fourth-order valence-electron chi connectivity index (χ4n) is 1.47. The van der Waals surface area contributed by atoms with E-state index < -0.39 is 21.7 Å². The van der Waals surface area contributed by atoms with Crippen molar-refractivity contribution in [1.82, 2.24) is 4.98 Å². The first kappa shape index (κ1) is 13.5. The van der Waals surface area contributed by atoms with Gasteiger partial charge in [-0.1, -0.05) is 0 Å². The molecule has 1 heterocycles. The second kappa shape index (κ2) is 4.98. The number of benzene rings is 1. The lowest BCUT2D eigenvalue weighted by atomic mass is 10.3. The summed E-state index contributed by atoms with van der Waals surface area (Å²) in [6.45, 7) is 0.167. The Morgan fingerprint density at radius 2 is 1.95 bits per heavy atom. The molecule has 0 atom stereocenters. The van der Waals surface area contributed by atoms with E-state index >= 15 is 0 Å². The third-order valence-corrected chi connectivity index (χ3v) is 3.78. The van der Waals surface area contributed by atoms with E-state index in [0.29, 0.717) is 5.69 Å². The van der Waals surface area contributed by atoms with Crippen LogP contribution in [0.1, 0.15) is 5.69 Å². The molecule has 0 bridgehead atoms. The van der Waals surface area contributed by atoms with E-state index in [9.17, 15) is 17.2 Å². The van der Waals surface area contributed by atoms with Crippen molar-refractivity contribution in [3.8, 4) is 0 Å². The van der Waals surface area contributed by atoms with Crippen LogP contribution in [0.4, 0.5) is 14.5 Å². The second-order valence-electron chi connectivity index (χ2n) is 3.80. The summed E-state index contributed by atoms with van der Waals surface area (Å²) in [6, 6.07) is 4.10. The van der Waals surface area contributed by atoms with E-state index in [0.717, 1.165) is 18.2 Å². The Hall–Kier alpha value is -1.93. The van der Waals surface area contributed by atoms with Gasteiger partial charge in [-0.15, -0.1) is 0 Å². The van der Waals surface area contributed by atoms with Gasteiger partial charge in [0.2, 0.25) is 0 Å². The number of aromatic amines is 1. The molecule has 1 aromatic carbocycles. The Kier molecular flexibility index (Phi) is 3.54. The number of hydrogen-bond acceptors (Lipinski definition) is 3. The minimum Gasteiger partial charge on any atom is -0.363 e. The van der Waals surface area contributed by atoms with Crippen molar-refractivity contribution in [2.75, 3.05) is 4.72 Å². The van der Waals surface area contributed by atoms with Crippen molar-refractivity contribution in [2.24, 2.45) is 5.73 Å². The molecule has 0 aliphatic carbocycles. The third kappa shape index (κ3) is 2.91. The van der Waals surface area contributed by atoms with E-state index in [1.165, 1.54) is 12.3 Å². The lowest BCUT2D eigenvalue weighted by Crippen LogP contribution is -2.12. The third-order valence-electron chi connectivity index (χ3n) is 2.42. The standard InChI is InChI=1S/C11H11F2N3O2S/c12-10-2-1-7(4-11(10)13)16-19(17,18)9-3-8(5-14)15-6-9/h1-4,6,15-16H,5,14H2. The molecule has 4 N–H and O–H groups in total. The van der Waals surface area contributed by atoms with Gasteiger partial charge in [0.25, 0.3) is 10.0 Å². The highest BCUT2D eigenvalue weighted by Crippen LogP contribution is 2.18. The van der Waals surface area contributed by atoms with Gasteiger partial charge >= 0.3 is 0 Å². The maximum atomic E-state index is 13.0. The Morgan fingerprint density at radius 1 is 1.21 bits per heavy atom. The van der Waals surface area contributed by atoms with E-state index in [4.69, 9.17) is 5.73 Å². The van der Waals surface area contributed by atoms with Crippen LogP contribution in [0.3, 0.4) is 0 Å². The summed E-state index contributed by atoms with van der Waals surface area (Å²) in [5.41, 5.74) is 5.84. The van der Waals surface area contributed by atoms with Crippen LogP contribution >= 0.6 is 0 Å². The van der Waals surface area contributed by atoms with Gasteiger partial charge in [-0.2, -0.15) is 0 Å². The van der Waals surface area contributed by atoms with Crippen LogP contribution in [0.2, 0.25) is 0 Å². The molecule has 5 nitrogen and oxygen atoms in total. The first-order chi connectivity index (χ1) is 8.92. The van der Waals surface area contributed by atoms with Gasteiger partial charge < -0.3 is 10.7 Å². The monoisotopic (exact) mass is 287 g/mol. The van der Waals surface area contributed by atoms with Crippen LogP contribution in [0.15, 0.2) is 35.4 Å². The normalized spacial score (nSPS) is 11.5. The zero-order valence-corrected chi connectivity index (χ0v) is 10.5. The Morgan fingerprint density at radius 3 is 2.53 bits per heavy atom. The molecule has 1 aromatic heterocycles. The van der Waals surface area contributed by atoms with E-state index in [1.54, 1.807) is 0 Å². The first-order valence-electron chi connectivity index (χ1n) is 5.27. The Bertz CT molecular complexity index is 698.